The summed E-state index contributed by atoms with van der Waals surface area (Å²) in [5.74, 6) is 0.395. The first-order valence-corrected chi connectivity index (χ1v) is 7.51. The monoisotopic (exact) mass is 260 g/mol. The molecule has 2 saturated carbocycles. The van der Waals surface area contributed by atoms with E-state index in [2.05, 4.69) is 12.2 Å². The molecule has 1 N–H and O–H groups in total. The zero-order chi connectivity index (χ0) is 13.8. The number of aliphatic carboxylic acids is 1. The molecule has 0 radical (unpaired) electrons. The van der Waals surface area contributed by atoms with Gasteiger partial charge in [-0.2, -0.15) is 0 Å². The van der Waals surface area contributed by atoms with Gasteiger partial charge in [-0.05, 0) is 36.0 Å². The Bertz CT molecular complexity index is 470. The first-order chi connectivity index (χ1) is 8.85. The number of hydrogen-bond donors (Lipinski definition) is 1. The van der Waals surface area contributed by atoms with Crippen molar-refractivity contribution in [2.24, 2.45) is 22.7 Å². The van der Waals surface area contributed by atoms with E-state index in [-0.39, 0.29) is 5.41 Å². The summed E-state index contributed by atoms with van der Waals surface area (Å²) in [4.78, 5) is 11.6. The number of hydrogen-bond acceptors (Lipinski definition) is 1. The molecule has 19 heavy (non-hydrogen) atoms. The molecule has 0 aromatic heterocycles. The van der Waals surface area contributed by atoms with Crippen LogP contribution >= 0.6 is 0 Å². The summed E-state index contributed by atoms with van der Waals surface area (Å²) in [7, 11) is 0. The van der Waals surface area contributed by atoms with Crippen LogP contribution in [0.2, 0.25) is 0 Å². The molecule has 0 bridgehead atoms. The summed E-state index contributed by atoms with van der Waals surface area (Å²) in [6.45, 7) is 6.04. The molecule has 2 atom stereocenters. The van der Waals surface area contributed by atoms with Crippen molar-refractivity contribution in [2.75, 3.05) is 0 Å². The molecule has 0 saturated heterocycles. The van der Waals surface area contributed by atoms with Crippen LogP contribution in [-0.4, -0.2) is 11.1 Å². The van der Waals surface area contributed by atoms with Crippen LogP contribution in [0.1, 0.15) is 52.9 Å². The van der Waals surface area contributed by atoms with Crippen LogP contribution in [0.25, 0.3) is 0 Å². The Morgan fingerprint density at radius 3 is 2.47 bits per heavy atom. The SMILES string of the molecule is CC(C)(C)C(C(=O)O)=C1C[C@H]2[C@H]1C=CC21CCCC1. The summed E-state index contributed by atoms with van der Waals surface area (Å²) in [5, 5.41) is 9.54. The van der Waals surface area contributed by atoms with E-state index in [0.717, 1.165) is 6.42 Å². The average Bonchev–Trinajstić information content (AvgIpc) is 2.80. The number of carbonyl (C=O) groups is 1. The third-order valence-electron chi connectivity index (χ3n) is 5.47. The Morgan fingerprint density at radius 2 is 1.95 bits per heavy atom. The highest BCUT2D eigenvalue weighted by atomic mass is 16.4. The first-order valence-electron chi connectivity index (χ1n) is 7.51. The van der Waals surface area contributed by atoms with Crippen molar-refractivity contribution in [1.29, 1.82) is 0 Å². The molecule has 3 rings (SSSR count). The van der Waals surface area contributed by atoms with Gasteiger partial charge in [0.25, 0.3) is 0 Å². The van der Waals surface area contributed by atoms with Gasteiger partial charge in [-0.15, -0.1) is 0 Å². The predicted octanol–water partition coefficient (Wildman–Crippen LogP) is 4.18. The minimum absolute atomic E-state index is 0.259. The summed E-state index contributed by atoms with van der Waals surface area (Å²) in [5.41, 5.74) is 2.03. The summed E-state index contributed by atoms with van der Waals surface area (Å²) >= 11 is 0. The van der Waals surface area contributed by atoms with E-state index >= 15 is 0 Å². The van der Waals surface area contributed by atoms with Crippen LogP contribution in [0.5, 0.6) is 0 Å². The molecule has 0 aliphatic heterocycles. The van der Waals surface area contributed by atoms with Gasteiger partial charge in [0.15, 0.2) is 0 Å². The van der Waals surface area contributed by atoms with Crippen molar-refractivity contribution in [1.82, 2.24) is 0 Å². The lowest BCUT2D eigenvalue weighted by Crippen LogP contribution is -2.38. The summed E-state index contributed by atoms with van der Waals surface area (Å²) in [6, 6.07) is 0. The van der Waals surface area contributed by atoms with Gasteiger partial charge in [0.2, 0.25) is 0 Å². The van der Waals surface area contributed by atoms with E-state index in [9.17, 15) is 9.90 Å². The van der Waals surface area contributed by atoms with Crippen LogP contribution in [0.4, 0.5) is 0 Å². The van der Waals surface area contributed by atoms with E-state index in [1.807, 2.05) is 20.8 Å². The Hall–Kier alpha value is -1.05. The third kappa shape index (κ3) is 1.79. The third-order valence-corrected chi connectivity index (χ3v) is 5.47. The topological polar surface area (TPSA) is 37.3 Å². The normalized spacial score (nSPS) is 34.3. The van der Waals surface area contributed by atoms with Gasteiger partial charge in [-0.25, -0.2) is 4.79 Å². The van der Waals surface area contributed by atoms with Gasteiger partial charge < -0.3 is 5.11 Å². The van der Waals surface area contributed by atoms with E-state index in [0.29, 0.717) is 22.8 Å². The van der Waals surface area contributed by atoms with E-state index < -0.39 is 5.97 Å². The quantitative estimate of drug-likeness (QED) is 0.567. The number of carboxylic acid groups (broad SMARTS) is 1. The van der Waals surface area contributed by atoms with Gasteiger partial charge in [0.1, 0.15) is 0 Å². The molecule has 104 valence electrons. The molecule has 2 nitrogen and oxygen atoms in total. The lowest BCUT2D eigenvalue weighted by atomic mass is 9.58. The van der Waals surface area contributed by atoms with Gasteiger partial charge in [-0.3, -0.25) is 0 Å². The van der Waals surface area contributed by atoms with Gasteiger partial charge in [0.05, 0.1) is 0 Å². The Kier molecular flexibility index (Phi) is 2.71. The maximum atomic E-state index is 11.6. The fraction of sp³-hybridized carbons (Fsp3) is 0.706. The first kappa shape index (κ1) is 13.0. The Labute approximate surface area is 115 Å². The summed E-state index contributed by atoms with van der Waals surface area (Å²) < 4.78 is 0. The van der Waals surface area contributed by atoms with Crippen molar-refractivity contribution >= 4 is 5.97 Å². The molecular formula is C17H24O2. The lowest BCUT2D eigenvalue weighted by molar-refractivity contribution is -0.134. The lowest BCUT2D eigenvalue weighted by Gasteiger charge is -2.45. The fourth-order valence-electron chi connectivity index (χ4n) is 4.59. The minimum atomic E-state index is -0.721. The van der Waals surface area contributed by atoms with E-state index in [1.165, 1.54) is 31.3 Å². The van der Waals surface area contributed by atoms with E-state index in [4.69, 9.17) is 0 Å². The Morgan fingerprint density at radius 1 is 1.32 bits per heavy atom. The highest BCUT2D eigenvalue weighted by Crippen LogP contribution is 2.63. The van der Waals surface area contributed by atoms with Crippen LogP contribution in [0.3, 0.4) is 0 Å². The maximum absolute atomic E-state index is 11.6. The maximum Gasteiger partial charge on any atom is 0.332 e. The number of carboxylic acids is 1. The molecular weight excluding hydrogens is 236 g/mol. The fourth-order valence-corrected chi connectivity index (χ4v) is 4.59. The second kappa shape index (κ2) is 3.97. The largest absolute Gasteiger partial charge is 0.478 e. The average molecular weight is 260 g/mol. The zero-order valence-electron chi connectivity index (χ0n) is 12.2. The molecule has 1 spiro atoms. The second-order valence-electron chi connectivity index (χ2n) is 7.59. The highest BCUT2D eigenvalue weighted by molar-refractivity contribution is 5.89. The number of fused-ring (bicyclic) bond motifs is 2. The molecule has 0 amide bonds. The number of rotatable bonds is 1. The molecule has 3 aliphatic carbocycles. The van der Waals surface area contributed by atoms with Crippen LogP contribution in [-0.2, 0) is 4.79 Å². The molecule has 2 fully saturated rings. The van der Waals surface area contributed by atoms with Crippen molar-refractivity contribution < 1.29 is 9.90 Å². The zero-order valence-corrected chi connectivity index (χ0v) is 12.2. The van der Waals surface area contributed by atoms with Crippen molar-refractivity contribution in [2.45, 2.75) is 52.9 Å². The molecule has 0 unspecified atom stereocenters. The molecule has 0 heterocycles. The van der Waals surface area contributed by atoms with Gasteiger partial charge >= 0.3 is 5.97 Å². The van der Waals surface area contributed by atoms with Crippen molar-refractivity contribution in [3.63, 3.8) is 0 Å². The standard InChI is InChI=1S/C17H24O2/c1-16(2,3)14(15(18)19)12-10-13-11(12)6-9-17(13)7-4-5-8-17/h6,9,11,13H,4-5,7-8,10H2,1-3H3,(H,18,19)/t11-,13-/m0/s1. The smallest absolute Gasteiger partial charge is 0.332 e. The van der Waals surface area contributed by atoms with Crippen LogP contribution < -0.4 is 0 Å². The van der Waals surface area contributed by atoms with Gasteiger partial charge in [0, 0.05) is 11.5 Å². The summed E-state index contributed by atoms with van der Waals surface area (Å²) in [6.07, 6.45) is 11.1. The van der Waals surface area contributed by atoms with Crippen LogP contribution in [0, 0.1) is 22.7 Å². The number of allylic oxidation sites excluding steroid dienone is 3. The Balaban J connectivity index is 1.92. The molecule has 2 heteroatoms. The molecule has 0 aromatic rings. The van der Waals surface area contributed by atoms with E-state index in [1.54, 1.807) is 0 Å². The molecule has 0 aromatic carbocycles. The highest BCUT2D eigenvalue weighted by Gasteiger charge is 2.54. The van der Waals surface area contributed by atoms with Crippen molar-refractivity contribution in [3.8, 4) is 0 Å². The predicted molar refractivity (Wildman–Crippen MR) is 75.8 cm³/mol. The van der Waals surface area contributed by atoms with Crippen LogP contribution in [0.15, 0.2) is 23.3 Å². The van der Waals surface area contributed by atoms with Crippen molar-refractivity contribution in [3.05, 3.63) is 23.3 Å². The minimum Gasteiger partial charge on any atom is -0.478 e. The van der Waals surface area contributed by atoms with Gasteiger partial charge in [-0.1, -0.05) is 51.3 Å². The second-order valence-corrected chi connectivity index (χ2v) is 7.59. The molecule has 3 aliphatic rings.